The quantitative estimate of drug-likeness (QED) is 0.747. The lowest BCUT2D eigenvalue weighted by atomic mass is 9.86. The molecule has 2 saturated heterocycles. The highest BCUT2D eigenvalue weighted by atomic mass is 35.5. The van der Waals surface area contributed by atoms with Crippen LogP contribution in [0, 0.1) is 5.41 Å². The summed E-state index contributed by atoms with van der Waals surface area (Å²) < 4.78 is 40.4. The molecule has 0 aliphatic carbocycles. The molecule has 172 valence electrons. The first-order valence-corrected chi connectivity index (χ1v) is 10.6. The number of rotatable bonds is 3. The maximum atomic E-state index is 13.1. The summed E-state index contributed by atoms with van der Waals surface area (Å²) in [4.78, 5) is 28.3. The third-order valence-corrected chi connectivity index (χ3v) is 6.40. The van der Waals surface area contributed by atoms with Crippen molar-refractivity contribution in [3.63, 3.8) is 0 Å². The van der Waals surface area contributed by atoms with E-state index in [0.29, 0.717) is 37.3 Å². The predicted molar refractivity (Wildman–Crippen MR) is 111 cm³/mol. The van der Waals surface area contributed by atoms with Crippen molar-refractivity contribution < 1.29 is 22.8 Å². The Morgan fingerprint density at radius 1 is 1.19 bits per heavy atom. The largest absolute Gasteiger partial charge is 0.416 e. The molecule has 1 N–H and O–H groups in total. The van der Waals surface area contributed by atoms with E-state index in [1.165, 1.54) is 24.1 Å². The number of amides is 2. The van der Waals surface area contributed by atoms with Crippen molar-refractivity contribution in [2.75, 3.05) is 33.2 Å². The van der Waals surface area contributed by atoms with Crippen molar-refractivity contribution in [1.82, 2.24) is 24.9 Å². The van der Waals surface area contributed by atoms with Gasteiger partial charge in [-0.3, -0.25) is 9.69 Å². The Balaban J connectivity index is 1.39. The highest BCUT2D eigenvalue weighted by Crippen LogP contribution is 2.40. The average Bonchev–Trinajstić information content (AvgIpc) is 3.47. The molecular weight excluding hydrogens is 447 g/mol. The Kier molecular flexibility index (Phi) is 5.93. The summed E-state index contributed by atoms with van der Waals surface area (Å²) in [5.74, 6) is -0.317. The van der Waals surface area contributed by atoms with Gasteiger partial charge in [-0.25, -0.2) is 4.79 Å². The van der Waals surface area contributed by atoms with Gasteiger partial charge in [-0.1, -0.05) is 11.6 Å². The van der Waals surface area contributed by atoms with E-state index in [0.717, 1.165) is 31.5 Å². The van der Waals surface area contributed by atoms with E-state index >= 15 is 0 Å². The summed E-state index contributed by atoms with van der Waals surface area (Å²) in [7, 11) is 1.50. The van der Waals surface area contributed by atoms with Gasteiger partial charge in [-0.2, -0.15) is 23.0 Å². The number of nitrogens with zero attached hydrogens (tertiary/aromatic N) is 4. The van der Waals surface area contributed by atoms with Crippen molar-refractivity contribution in [2.24, 2.45) is 5.41 Å². The first kappa shape index (κ1) is 22.6. The highest BCUT2D eigenvalue weighted by Gasteiger charge is 2.45. The van der Waals surface area contributed by atoms with Crippen molar-refractivity contribution >= 4 is 23.5 Å². The number of carbonyl (C=O) groups is 2. The van der Waals surface area contributed by atoms with Gasteiger partial charge < -0.3 is 10.2 Å². The molecule has 7 nitrogen and oxygen atoms in total. The Morgan fingerprint density at radius 2 is 1.94 bits per heavy atom. The first-order chi connectivity index (χ1) is 15.1. The maximum Gasteiger partial charge on any atom is 0.416 e. The zero-order valence-corrected chi connectivity index (χ0v) is 18.2. The normalized spacial score (nSPS) is 21.5. The van der Waals surface area contributed by atoms with E-state index in [1.807, 2.05) is 0 Å². The maximum absolute atomic E-state index is 13.1. The SMILES string of the molecule is CNC(=O)c1cnn(C(=O)N2CCC3(CCN(Cc4cc(Cl)cc(C(F)(F)F)c4)C3)C2)c1. The van der Waals surface area contributed by atoms with Crippen LogP contribution in [-0.4, -0.2) is 64.7 Å². The third kappa shape index (κ3) is 4.61. The van der Waals surface area contributed by atoms with Crippen molar-refractivity contribution in [2.45, 2.75) is 25.6 Å². The zero-order valence-electron chi connectivity index (χ0n) is 17.5. The van der Waals surface area contributed by atoms with Crippen LogP contribution in [0.5, 0.6) is 0 Å². The van der Waals surface area contributed by atoms with Crippen LogP contribution in [0.25, 0.3) is 0 Å². The summed E-state index contributed by atoms with van der Waals surface area (Å²) in [6.07, 6.45) is -0.0266. The Labute approximate surface area is 188 Å². The van der Waals surface area contributed by atoms with E-state index < -0.39 is 11.7 Å². The fraction of sp³-hybridized carbons (Fsp3) is 0.476. The minimum absolute atomic E-state index is 0.0664. The van der Waals surface area contributed by atoms with Gasteiger partial charge in [0.1, 0.15) is 0 Å². The van der Waals surface area contributed by atoms with Crippen LogP contribution in [0.2, 0.25) is 5.02 Å². The third-order valence-electron chi connectivity index (χ3n) is 6.19. The molecule has 2 amide bonds. The van der Waals surface area contributed by atoms with Gasteiger partial charge in [0.2, 0.25) is 0 Å². The molecule has 3 heterocycles. The second-order valence-electron chi connectivity index (χ2n) is 8.51. The molecule has 2 fully saturated rings. The average molecular weight is 470 g/mol. The molecular formula is C21H23ClF3N5O2. The van der Waals surface area contributed by atoms with Crippen LogP contribution in [0.15, 0.2) is 30.6 Å². The molecule has 1 atom stereocenters. The van der Waals surface area contributed by atoms with Gasteiger partial charge in [0.15, 0.2) is 0 Å². The Morgan fingerprint density at radius 3 is 2.66 bits per heavy atom. The zero-order chi connectivity index (χ0) is 23.1. The number of carbonyl (C=O) groups excluding carboxylic acids is 2. The molecule has 2 aliphatic heterocycles. The molecule has 1 aromatic heterocycles. The van der Waals surface area contributed by atoms with Crippen LogP contribution in [0.1, 0.15) is 34.3 Å². The number of aromatic nitrogens is 2. The molecule has 32 heavy (non-hydrogen) atoms. The second kappa shape index (κ2) is 8.40. The standard InChI is InChI=1S/C21H23ClF3N5O2/c1-26-18(31)15-9-27-30(11-15)19(32)29-5-3-20(13-29)2-4-28(12-20)10-14-6-16(21(23,24)25)8-17(22)7-14/h6-9,11H,2-5,10,12-13H2,1H3,(H,26,31). The lowest BCUT2D eigenvalue weighted by Gasteiger charge is -2.25. The van der Waals surface area contributed by atoms with E-state index in [1.54, 1.807) is 11.0 Å². The van der Waals surface area contributed by atoms with E-state index in [4.69, 9.17) is 11.6 Å². The molecule has 4 rings (SSSR count). The van der Waals surface area contributed by atoms with E-state index in [-0.39, 0.29) is 22.4 Å². The molecule has 1 spiro atoms. The van der Waals surface area contributed by atoms with Gasteiger partial charge in [0, 0.05) is 49.9 Å². The molecule has 2 aliphatic rings. The number of halogens is 4. The number of alkyl halides is 3. The van der Waals surface area contributed by atoms with Crippen LogP contribution >= 0.6 is 11.6 Å². The summed E-state index contributed by atoms with van der Waals surface area (Å²) >= 11 is 5.91. The monoisotopic (exact) mass is 469 g/mol. The van der Waals surface area contributed by atoms with Crippen LogP contribution in [0.3, 0.4) is 0 Å². The topological polar surface area (TPSA) is 70.5 Å². The molecule has 0 radical (unpaired) electrons. The smallest absolute Gasteiger partial charge is 0.355 e. The van der Waals surface area contributed by atoms with Gasteiger partial charge in [0.25, 0.3) is 5.91 Å². The fourth-order valence-corrected chi connectivity index (χ4v) is 4.85. The van der Waals surface area contributed by atoms with Crippen molar-refractivity contribution in [3.05, 3.63) is 52.3 Å². The van der Waals surface area contributed by atoms with Gasteiger partial charge in [-0.15, -0.1) is 0 Å². The van der Waals surface area contributed by atoms with E-state index in [2.05, 4.69) is 15.3 Å². The minimum Gasteiger partial charge on any atom is -0.355 e. The fourth-order valence-electron chi connectivity index (χ4n) is 4.59. The van der Waals surface area contributed by atoms with Crippen LogP contribution in [0.4, 0.5) is 18.0 Å². The molecule has 0 saturated carbocycles. The lowest BCUT2D eigenvalue weighted by molar-refractivity contribution is -0.137. The molecule has 0 bridgehead atoms. The number of hydrogen-bond acceptors (Lipinski definition) is 4. The van der Waals surface area contributed by atoms with Crippen molar-refractivity contribution in [1.29, 1.82) is 0 Å². The molecule has 1 unspecified atom stereocenters. The van der Waals surface area contributed by atoms with Crippen LogP contribution < -0.4 is 5.32 Å². The highest BCUT2D eigenvalue weighted by molar-refractivity contribution is 6.30. The summed E-state index contributed by atoms with van der Waals surface area (Å²) in [6.45, 7) is 2.90. The second-order valence-corrected chi connectivity index (χ2v) is 8.95. The molecule has 1 aromatic carbocycles. The van der Waals surface area contributed by atoms with Crippen LogP contribution in [-0.2, 0) is 12.7 Å². The predicted octanol–water partition coefficient (Wildman–Crippen LogP) is 3.48. The number of nitrogens with one attached hydrogen (secondary N) is 1. The van der Waals surface area contributed by atoms with E-state index in [9.17, 15) is 22.8 Å². The first-order valence-electron chi connectivity index (χ1n) is 10.2. The summed E-state index contributed by atoms with van der Waals surface area (Å²) in [5.41, 5.74) is -0.0211. The summed E-state index contributed by atoms with van der Waals surface area (Å²) in [6, 6.07) is 3.35. The van der Waals surface area contributed by atoms with Gasteiger partial charge in [0.05, 0.1) is 17.3 Å². The Hall–Kier alpha value is -2.59. The summed E-state index contributed by atoms with van der Waals surface area (Å²) in [5, 5.41) is 6.56. The Bertz CT molecular complexity index is 1040. The molecule has 2 aromatic rings. The molecule has 11 heteroatoms. The minimum atomic E-state index is -4.44. The number of hydrogen-bond donors (Lipinski definition) is 1. The van der Waals surface area contributed by atoms with Gasteiger partial charge in [-0.05, 0) is 43.1 Å². The van der Waals surface area contributed by atoms with Gasteiger partial charge >= 0.3 is 12.2 Å². The number of benzene rings is 1. The van der Waals surface area contributed by atoms with Crippen molar-refractivity contribution in [3.8, 4) is 0 Å². The lowest BCUT2D eigenvalue weighted by Crippen LogP contribution is -2.36. The number of likely N-dealkylation sites (tertiary alicyclic amines) is 2.